The quantitative estimate of drug-likeness (QED) is 0.622. The van der Waals surface area contributed by atoms with Crippen LogP contribution in [0.4, 0.5) is 5.82 Å². The molecule has 7 heteroatoms. The van der Waals surface area contributed by atoms with Crippen LogP contribution in [0.5, 0.6) is 0 Å². The highest BCUT2D eigenvalue weighted by molar-refractivity contribution is 7.98. The molecule has 0 unspecified atom stereocenters. The first-order chi connectivity index (χ1) is 14.7. The molecule has 0 bridgehead atoms. The minimum atomic E-state index is 0.129. The Morgan fingerprint density at radius 2 is 1.67 bits per heavy atom. The number of thioether (sulfide) groups is 1. The van der Waals surface area contributed by atoms with E-state index >= 15 is 0 Å². The van der Waals surface area contributed by atoms with Gasteiger partial charge in [0.15, 0.2) is 0 Å². The van der Waals surface area contributed by atoms with E-state index in [-0.39, 0.29) is 11.4 Å². The van der Waals surface area contributed by atoms with Crippen molar-refractivity contribution in [2.45, 2.75) is 23.6 Å². The lowest BCUT2D eigenvalue weighted by molar-refractivity contribution is 0.198. The first-order valence-corrected chi connectivity index (χ1v) is 10.5. The van der Waals surface area contributed by atoms with E-state index in [1.165, 1.54) is 24.6 Å². The molecule has 1 aromatic carbocycles. The van der Waals surface area contributed by atoms with Crippen molar-refractivity contribution < 1.29 is 4.74 Å². The molecular formula is C23H21N5OS. The molecule has 3 aromatic rings. The highest BCUT2D eigenvalue weighted by Gasteiger charge is 2.20. The van der Waals surface area contributed by atoms with Gasteiger partial charge in [-0.15, -0.1) is 0 Å². The molecule has 0 atom stereocenters. The van der Waals surface area contributed by atoms with Gasteiger partial charge in [0, 0.05) is 30.7 Å². The summed E-state index contributed by atoms with van der Waals surface area (Å²) in [4.78, 5) is 8.55. The first kappa shape index (κ1) is 21.3. The SMILES string of the molecule is C1CCOC1.N#Cc1c(N)nc(SCc2ccccn2)c(C#N)c1-c1ccccc1. The number of nitrogens with zero attached hydrogens (tertiary/aromatic N) is 4. The van der Waals surface area contributed by atoms with Crippen molar-refractivity contribution in [3.63, 3.8) is 0 Å². The van der Waals surface area contributed by atoms with Crippen molar-refractivity contribution in [1.82, 2.24) is 9.97 Å². The van der Waals surface area contributed by atoms with E-state index < -0.39 is 0 Å². The molecule has 150 valence electrons. The number of benzene rings is 1. The second kappa shape index (κ2) is 11.0. The topological polar surface area (TPSA) is 109 Å². The molecule has 0 spiro atoms. The molecule has 4 rings (SSSR count). The van der Waals surface area contributed by atoms with Crippen LogP contribution in [0, 0.1) is 22.7 Å². The smallest absolute Gasteiger partial charge is 0.143 e. The highest BCUT2D eigenvalue weighted by Crippen LogP contribution is 2.36. The Hall–Kier alpha value is -3.39. The predicted molar refractivity (Wildman–Crippen MR) is 117 cm³/mol. The number of ether oxygens (including phenoxy) is 1. The van der Waals surface area contributed by atoms with Crippen molar-refractivity contribution >= 4 is 17.6 Å². The molecule has 3 heterocycles. The standard InChI is InChI=1S/C19H13N5S.C4H8O/c20-10-15-17(13-6-2-1-3-7-13)16(11-21)19(24-18(15)22)25-12-14-8-4-5-9-23-14;1-2-4-5-3-1/h1-9H,12H2,(H2,22,24);1-4H2. The van der Waals surface area contributed by atoms with Crippen molar-refractivity contribution in [1.29, 1.82) is 10.5 Å². The van der Waals surface area contributed by atoms with Crippen LogP contribution in [-0.2, 0) is 10.5 Å². The zero-order valence-corrected chi connectivity index (χ0v) is 17.2. The number of nitrogens with two attached hydrogens (primary N) is 1. The summed E-state index contributed by atoms with van der Waals surface area (Å²) in [6.45, 7) is 2.00. The van der Waals surface area contributed by atoms with Gasteiger partial charge in [-0.25, -0.2) is 4.98 Å². The van der Waals surface area contributed by atoms with E-state index in [4.69, 9.17) is 10.5 Å². The van der Waals surface area contributed by atoms with Crippen LogP contribution >= 0.6 is 11.8 Å². The van der Waals surface area contributed by atoms with E-state index in [2.05, 4.69) is 22.1 Å². The molecule has 0 saturated carbocycles. The molecule has 0 amide bonds. The summed E-state index contributed by atoms with van der Waals surface area (Å²) < 4.78 is 4.94. The lowest BCUT2D eigenvalue weighted by Crippen LogP contribution is -2.03. The molecule has 1 aliphatic rings. The predicted octanol–water partition coefficient (Wildman–Crippen LogP) is 4.56. The summed E-state index contributed by atoms with van der Waals surface area (Å²) in [5.74, 6) is 0.686. The van der Waals surface area contributed by atoms with Crippen LogP contribution in [0.2, 0.25) is 0 Å². The summed E-state index contributed by atoms with van der Waals surface area (Å²) in [5, 5.41) is 19.7. The molecule has 0 radical (unpaired) electrons. The molecule has 0 aliphatic carbocycles. The van der Waals surface area contributed by atoms with Gasteiger partial charge in [-0.05, 0) is 30.5 Å². The van der Waals surface area contributed by atoms with Crippen molar-refractivity contribution in [2.75, 3.05) is 18.9 Å². The lowest BCUT2D eigenvalue weighted by atomic mass is 9.97. The zero-order valence-electron chi connectivity index (χ0n) is 16.4. The molecular weight excluding hydrogens is 394 g/mol. The van der Waals surface area contributed by atoms with Gasteiger partial charge in [0.05, 0.1) is 11.3 Å². The zero-order chi connectivity index (χ0) is 21.2. The van der Waals surface area contributed by atoms with Crippen molar-refractivity contribution in [3.8, 4) is 23.3 Å². The molecule has 30 heavy (non-hydrogen) atoms. The second-order valence-electron chi connectivity index (χ2n) is 6.45. The molecule has 6 nitrogen and oxygen atoms in total. The lowest BCUT2D eigenvalue weighted by Gasteiger charge is -2.12. The van der Waals surface area contributed by atoms with Gasteiger partial charge in [-0.3, -0.25) is 4.98 Å². The van der Waals surface area contributed by atoms with Crippen LogP contribution in [0.1, 0.15) is 29.7 Å². The fourth-order valence-corrected chi connectivity index (χ4v) is 3.84. The monoisotopic (exact) mass is 415 g/mol. The summed E-state index contributed by atoms with van der Waals surface area (Å²) in [7, 11) is 0. The number of nitrogen functional groups attached to an aromatic ring is 1. The molecule has 1 saturated heterocycles. The van der Waals surface area contributed by atoms with Gasteiger partial charge >= 0.3 is 0 Å². The Morgan fingerprint density at radius 1 is 0.967 bits per heavy atom. The molecule has 1 fully saturated rings. The Balaban J connectivity index is 0.000000448. The van der Waals surface area contributed by atoms with Gasteiger partial charge in [-0.1, -0.05) is 48.2 Å². The summed E-state index contributed by atoms with van der Waals surface area (Å²) >= 11 is 1.38. The fourth-order valence-electron chi connectivity index (χ4n) is 2.93. The summed E-state index contributed by atoms with van der Waals surface area (Å²) in [6.07, 6.45) is 4.27. The third-order valence-electron chi connectivity index (χ3n) is 4.39. The number of aromatic nitrogens is 2. The van der Waals surface area contributed by atoms with Gasteiger partial charge < -0.3 is 10.5 Å². The van der Waals surface area contributed by atoms with E-state index in [1.807, 2.05) is 48.5 Å². The minimum Gasteiger partial charge on any atom is -0.383 e. The molecule has 1 aliphatic heterocycles. The fraction of sp³-hybridized carbons (Fsp3) is 0.217. The Bertz CT molecular complexity index is 1050. The third-order valence-corrected chi connectivity index (χ3v) is 5.40. The van der Waals surface area contributed by atoms with Crippen LogP contribution in [0.15, 0.2) is 59.8 Å². The Kier molecular flexibility index (Phi) is 7.79. The average Bonchev–Trinajstić information content (AvgIpc) is 3.39. The number of pyridine rings is 2. The van der Waals surface area contributed by atoms with E-state index in [9.17, 15) is 10.5 Å². The van der Waals surface area contributed by atoms with Gasteiger partial charge in [-0.2, -0.15) is 10.5 Å². The molecule has 2 N–H and O–H groups in total. The third kappa shape index (κ3) is 5.36. The summed E-state index contributed by atoms with van der Waals surface area (Å²) in [5.41, 5.74) is 8.75. The minimum absolute atomic E-state index is 0.129. The largest absolute Gasteiger partial charge is 0.383 e. The maximum atomic E-state index is 9.70. The highest BCUT2D eigenvalue weighted by atomic mass is 32.2. The summed E-state index contributed by atoms with van der Waals surface area (Å²) in [6, 6.07) is 19.2. The van der Waals surface area contributed by atoms with Crippen LogP contribution in [0.3, 0.4) is 0 Å². The van der Waals surface area contributed by atoms with Gasteiger partial charge in [0.1, 0.15) is 28.5 Å². The van der Waals surface area contributed by atoms with Gasteiger partial charge in [0.25, 0.3) is 0 Å². The average molecular weight is 416 g/mol. The van der Waals surface area contributed by atoms with E-state index in [0.717, 1.165) is 24.5 Å². The number of anilines is 1. The first-order valence-electron chi connectivity index (χ1n) is 9.54. The van der Waals surface area contributed by atoms with Crippen molar-refractivity contribution in [3.05, 3.63) is 71.5 Å². The Morgan fingerprint density at radius 3 is 2.23 bits per heavy atom. The second-order valence-corrected chi connectivity index (χ2v) is 7.41. The number of rotatable bonds is 4. The molecule has 2 aromatic heterocycles. The Labute approximate surface area is 180 Å². The number of nitriles is 2. The maximum Gasteiger partial charge on any atom is 0.143 e. The number of hydrogen-bond acceptors (Lipinski definition) is 7. The maximum absolute atomic E-state index is 9.70. The van der Waals surface area contributed by atoms with Crippen LogP contribution in [0.25, 0.3) is 11.1 Å². The normalized spacial score (nSPS) is 12.3. The van der Waals surface area contributed by atoms with E-state index in [1.54, 1.807) is 6.20 Å². The van der Waals surface area contributed by atoms with Crippen LogP contribution in [-0.4, -0.2) is 23.2 Å². The number of hydrogen-bond donors (Lipinski definition) is 1. The van der Waals surface area contributed by atoms with Crippen LogP contribution < -0.4 is 5.73 Å². The van der Waals surface area contributed by atoms with E-state index in [0.29, 0.717) is 21.9 Å². The van der Waals surface area contributed by atoms with Gasteiger partial charge in [0.2, 0.25) is 0 Å². The van der Waals surface area contributed by atoms with Crippen molar-refractivity contribution in [2.24, 2.45) is 0 Å².